The zero-order chi connectivity index (χ0) is 19.1. The van der Waals surface area contributed by atoms with E-state index in [1.807, 2.05) is 25.1 Å². The number of aryl methyl sites for hydroxylation is 1. The molecule has 1 N–H and O–H groups in total. The molecule has 6 heteroatoms. The second-order valence-electron chi connectivity index (χ2n) is 7.54. The summed E-state index contributed by atoms with van der Waals surface area (Å²) in [5.74, 6) is -0.390. The van der Waals surface area contributed by atoms with Crippen LogP contribution in [0, 0.1) is 5.41 Å². The summed E-state index contributed by atoms with van der Waals surface area (Å²) in [4.78, 5) is 12.0. The third kappa shape index (κ3) is 3.43. The maximum absolute atomic E-state index is 13.9. The molecule has 3 rings (SSSR count). The van der Waals surface area contributed by atoms with Crippen molar-refractivity contribution in [3.63, 3.8) is 0 Å². The molecule has 0 aliphatic carbocycles. The van der Waals surface area contributed by atoms with Gasteiger partial charge in [0, 0.05) is 6.54 Å². The van der Waals surface area contributed by atoms with Crippen LogP contribution in [-0.2, 0) is 11.2 Å². The van der Waals surface area contributed by atoms with Gasteiger partial charge in [-0.2, -0.15) is 13.2 Å². The lowest BCUT2D eigenvalue weighted by Crippen LogP contribution is -2.43. The Balaban J connectivity index is 2.08. The number of hydrazine groups is 1. The first kappa shape index (κ1) is 18.7. The molecule has 2 aromatic carbocycles. The molecule has 0 aromatic heterocycles. The van der Waals surface area contributed by atoms with E-state index < -0.39 is 17.6 Å². The third-order valence-corrected chi connectivity index (χ3v) is 4.88. The van der Waals surface area contributed by atoms with E-state index in [1.165, 1.54) is 6.07 Å². The number of halogens is 3. The molecule has 1 aliphatic heterocycles. The normalized spacial score (nSPS) is 18.9. The highest BCUT2D eigenvalue weighted by Crippen LogP contribution is 2.41. The Bertz CT molecular complexity index is 829. The molecule has 0 spiro atoms. The van der Waals surface area contributed by atoms with Crippen molar-refractivity contribution >= 4 is 16.7 Å². The predicted octanol–water partition coefficient (Wildman–Crippen LogP) is 4.77. The van der Waals surface area contributed by atoms with Gasteiger partial charge in [-0.15, -0.1) is 0 Å². The fourth-order valence-electron chi connectivity index (χ4n) is 3.53. The van der Waals surface area contributed by atoms with Gasteiger partial charge in [0.05, 0.1) is 5.41 Å². The van der Waals surface area contributed by atoms with E-state index in [0.717, 1.165) is 34.2 Å². The Morgan fingerprint density at radius 1 is 1.23 bits per heavy atom. The highest BCUT2D eigenvalue weighted by atomic mass is 19.4. The summed E-state index contributed by atoms with van der Waals surface area (Å²) in [6.45, 7) is 5.35. The molecule has 140 valence electrons. The zero-order valence-electron chi connectivity index (χ0n) is 15.2. The van der Waals surface area contributed by atoms with Gasteiger partial charge in [0.25, 0.3) is 0 Å². The lowest BCUT2D eigenvalue weighted by molar-refractivity contribution is -0.191. The van der Waals surface area contributed by atoms with Crippen LogP contribution in [0.1, 0.15) is 44.4 Å². The average molecular weight is 364 g/mol. The largest absolute Gasteiger partial charge is 0.409 e. The minimum absolute atomic E-state index is 0.00462. The molecule has 3 nitrogen and oxygen atoms in total. The third-order valence-electron chi connectivity index (χ3n) is 4.88. The monoisotopic (exact) mass is 364 g/mol. The van der Waals surface area contributed by atoms with Crippen LogP contribution < -0.4 is 5.43 Å². The second kappa shape index (κ2) is 6.58. The van der Waals surface area contributed by atoms with E-state index >= 15 is 0 Å². The van der Waals surface area contributed by atoms with E-state index in [1.54, 1.807) is 26.0 Å². The van der Waals surface area contributed by atoms with Crippen molar-refractivity contribution < 1.29 is 18.0 Å². The molecule has 0 bridgehead atoms. The first-order valence-corrected chi connectivity index (χ1v) is 8.79. The van der Waals surface area contributed by atoms with Crippen LogP contribution in [-0.4, -0.2) is 23.6 Å². The summed E-state index contributed by atoms with van der Waals surface area (Å²) in [5.41, 5.74) is 2.74. The smallest absolute Gasteiger partial charge is 0.287 e. The number of nitrogens with one attached hydrogen (secondary N) is 1. The Kier molecular flexibility index (Phi) is 4.73. The minimum Gasteiger partial charge on any atom is -0.287 e. The van der Waals surface area contributed by atoms with Gasteiger partial charge in [-0.05, 0) is 48.2 Å². The van der Waals surface area contributed by atoms with Crippen molar-refractivity contribution in [1.29, 1.82) is 0 Å². The van der Waals surface area contributed by atoms with Gasteiger partial charge in [0.2, 0.25) is 5.91 Å². The maximum atomic E-state index is 13.9. The highest BCUT2D eigenvalue weighted by molar-refractivity contribution is 5.87. The van der Waals surface area contributed by atoms with Crippen LogP contribution in [0.15, 0.2) is 36.4 Å². The number of benzene rings is 2. The van der Waals surface area contributed by atoms with Gasteiger partial charge in [0.1, 0.15) is 6.04 Å². The first-order chi connectivity index (χ1) is 12.1. The van der Waals surface area contributed by atoms with Crippen LogP contribution in [0.2, 0.25) is 0 Å². The molecule has 1 saturated heterocycles. The molecule has 2 aromatic rings. The van der Waals surface area contributed by atoms with Gasteiger partial charge < -0.3 is 0 Å². The number of alkyl halides is 3. The number of rotatable bonds is 4. The van der Waals surface area contributed by atoms with E-state index in [4.69, 9.17) is 0 Å². The van der Waals surface area contributed by atoms with Gasteiger partial charge >= 0.3 is 6.18 Å². The van der Waals surface area contributed by atoms with E-state index in [0.29, 0.717) is 0 Å². The number of amides is 1. The van der Waals surface area contributed by atoms with Gasteiger partial charge in [-0.3, -0.25) is 10.2 Å². The Labute approximate surface area is 151 Å². The zero-order valence-corrected chi connectivity index (χ0v) is 15.2. The molecule has 0 radical (unpaired) electrons. The quantitative estimate of drug-likeness (QED) is 0.848. The number of hydrogen-bond acceptors (Lipinski definition) is 2. The van der Waals surface area contributed by atoms with E-state index in [-0.39, 0.29) is 18.0 Å². The van der Waals surface area contributed by atoms with Crippen molar-refractivity contribution in [1.82, 2.24) is 10.4 Å². The Morgan fingerprint density at radius 2 is 1.96 bits per heavy atom. The first-order valence-electron chi connectivity index (χ1n) is 8.79. The van der Waals surface area contributed by atoms with Gasteiger partial charge in [-0.1, -0.05) is 43.7 Å². The van der Waals surface area contributed by atoms with Crippen LogP contribution in [0.4, 0.5) is 13.2 Å². The number of carbonyl (C=O) groups is 1. The number of nitrogens with zero attached hydrogens (tertiary/aromatic N) is 1. The Morgan fingerprint density at radius 3 is 2.54 bits per heavy atom. The van der Waals surface area contributed by atoms with Gasteiger partial charge in [-0.25, -0.2) is 5.01 Å². The summed E-state index contributed by atoms with van der Waals surface area (Å²) in [6, 6.07) is 8.78. The van der Waals surface area contributed by atoms with Crippen LogP contribution in [0.25, 0.3) is 10.8 Å². The summed E-state index contributed by atoms with van der Waals surface area (Å²) in [6.07, 6.45) is -2.77. The fourth-order valence-corrected chi connectivity index (χ4v) is 3.53. The van der Waals surface area contributed by atoms with Crippen molar-refractivity contribution in [3.05, 3.63) is 47.5 Å². The van der Waals surface area contributed by atoms with Crippen molar-refractivity contribution in [3.8, 4) is 0 Å². The predicted molar refractivity (Wildman–Crippen MR) is 95.4 cm³/mol. The number of carbonyl (C=O) groups excluding carboxylic acids is 1. The lowest BCUT2D eigenvalue weighted by atomic mass is 9.93. The number of fused-ring (bicyclic) bond motifs is 1. The molecule has 0 saturated carbocycles. The summed E-state index contributed by atoms with van der Waals surface area (Å²) in [7, 11) is 0. The molecular formula is C20H23F3N2O. The molecule has 0 unspecified atom stereocenters. The fraction of sp³-hybridized carbons (Fsp3) is 0.450. The molecule has 1 fully saturated rings. The summed E-state index contributed by atoms with van der Waals surface area (Å²) in [5, 5.41) is 2.78. The average Bonchev–Trinajstić information content (AvgIpc) is 2.79. The lowest BCUT2D eigenvalue weighted by Gasteiger charge is -2.30. The van der Waals surface area contributed by atoms with Crippen LogP contribution >= 0.6 is 0 Å². The molecule has 26 heavy (non-hydrogen) atoms. The van der Waals surface area contributed by atoms with Crippen molar-refractivity contribution in [2.75, 3.05) is 6.54 Å². The Hall–Kier alpha value is -2.08. The molecule has 1 amide bonds. The maximum Gasteiger partial charge on any atom is 0.409 e. The van der Waals surface area contributed by atoms with Crippen molar-refractivity contribution in [2.45, 2.75) is 45.8 Å². The standard InChI is InChI=1S/C20H23F3N2O/c1-4-6-13-7-5-8-14-9-10-15(11-16(13)14)17(20(21,22)23)25-12-19(2,3)18(26)24-25/h5,7-11,17H,4,6,12H2,1-3H3,(H,24,26)/t17-/m0/s1. The summed E-state index contributed by atoms with van der Waals surface area (Å²) < 4.78 is 41.7. The highest BCUT2D eigenvalue weighted by Gasteiger charge is 2.51. The molecular weight excluding hydrogens is 341 g/mol. The topological polar surface area (TPSA) is 32.3 Å². The van der Waals surface area contributed by atoms with E-state index in [2.05, 4.69) is 5.43 Å². The van der Waals surface area contributed by atoms with Gasteiger partial charge in [0.15, 0.2) is 0 Å². The van der Waals surface area contributed by atoms with Crippen LogP contribution in [0.3, 0.4) is 0 Å². The molecule has 1 atom stereocenters. The SMILES string of the molecule is CCCc1cccc2ccc([C@H](N3CC(C)(C)C(=O)N3)C(F)(F)F)cc12. The second-order valence-corrected chi connectivity index (χ2v) is 7.54. The summed E-state index contributed by atoms with van der Waals surface area (Å²) >= 11 is 0. The molecule has 1 heterocycles. The van der Waals surface area contributed by atoms with Crippen LogP contribution in [0.5, 0.6) is 0 Å². The molecule has 1 aliphatic rings. The number of hydrogen-bond donors (Lipinski definition) is 1. The van der Waals surface area contributed by atoms with E-state index in [9.17, 15) is 18.0 Å². The minimum atomic E-state index is -4.50. The van der Waals surface area contributed by atoms with Crippen molar-refractivity contribution in [2.24, 2.45) is 5.41 Å².